The number of para-hydroxylation sites is 2. The number of fused-ring (bicyclic) bond motifs is 2. The maximum atomic E-state index is 11.8. The van der Waals surface area contributed by atoms with Crippen molar-refractivity contribution in [1.82, 2.24) is 19.4 Å². The van der Waals surface area contributed by atoms with Crippen LogP contribution in [-0.2, 0) is 20.1 Å². The Bertz CT molecular complexity index is 1140. The zero-order valence-electron chi connectivity index (χ0n) is 15.2. The fourth-order valence-corrected chi connectivity index (χ4v) is 4.35. The summed E-state index contributed by atoms with van der Waals surface area (Å²) < 4.78 is 4.99. The van der Waals surface area contributed by atoms with Crippen molar-refractivity contribution in [3.05, 3.63) is 63.5 Å². The molecule has 0 fully saturated rings. The number of hydrogen-bond donors (Lipinski definition) is 1. The van der Waals surface area contributed by atoms with E-state index in [-0.39, 0.29) is 10.9 Å². The predicted octanol–water partition coefficient (Wildman–Crippen LogP) is 3.82. The van der Waals surface area contributed by atoms with E-state index in [1.807, 2.05) is 19.2 Å². The Kier molecular flexibility index (Phi) is 4.38. The summed E-state index contributed by atoms with van der Waals surface area (Å²) in [6.45, 7) is 5.92. The molecule has 2 heterocycles. The molecule has 0 saturated carbocycles. The molecule has 0 saturated heterocycles. The number of imidazole rings is 1. The van der Waals surface area contributed by atoms with Gasteiger partial charge < -0.3 is 14.5 Å². The first-order valence-corrected chi connectivity index (χ1v) is 9.67. The second kappa shape index (κ2) is 6.70. The van der Waals surface area contributed by atoms with Crippen molar-refractivity contribution in [1.29, 1.82) is 0 Å². The molecule has 5 nitrogen and oxygen atoms in total. The lowest BCUT2D eigenvalue weighted by Gasteiger charge is -2.15. The van der Waals surface area contributed by atoms with E-state index in [9.17, 15) is 4.79 Å². The fourth-order valence-electron chi connectivity index (χ4n) is 3.41. The molecule has 0 aliphatic heterocycles. The third kappa shape index (κ3) is 2.85. The summed E-state index contributed by atoms with van der Waals surface area (Å²) in [5.41, 5.74) is 4.37. The van der Waals surface area contributed by atoms with Crippen LogP contribution in [0.25, 0.3) is 21.3 Å². The number of nitrogens with zero attached hydrogens (tertiary/aromatic N) is 3. The normalized spacial score (nSPS) is 12.9. The average molecular weight is 366 g/mol. The molecule has 2 aromatic heterocycles. The first-order chi connectivity index (χ1) is 12.6. The first kappa shape index (κ1) is 17.0. The quantitative estimate of drug-likeness (QED) is 0.584. The maximum absolute atomic E-state index is 11.8. The highest BCUT2D eigenvalue weighted by Gasteiger charge is 2.15. The summed E-state index contributed by atoms with van der Waals surface area (Å²) in [5, 5.41) is 3.57. The van der Waals surface area contributed by atoms with Crippen LogP contribution in [0.1, 0.15) is 31.3 Å². The van der Waals surface area contributed by atoms with Gasteiger partial charge in [0, 0.05) is 20.1 Å². The van der Waals surface area contributed by atoms with Crippen molar-refractivity contribution < 1.29 is 0 Å². The SMILES string of the molecule is CCn1c([C@@H](C)NCc2ccc3c(c2)sc(=O)n3C)nc2ccccc21. The molecule has 26 heavy (non-hydrogen) atoms. The molecule has 0 unspecified atom stereocenters. The van der Waals surface area contributed by atoms with E-state index in [4.69, 9.17) is 4.98 Å². The van der Waals surface area contributed by atoms with E-state index in [0.29, 0.717) is 0 Å². The van der Waals surface area contributed by atoms with Gasteiger partial charge in [0.1, 0.15) is 5.82 Å². The molecule has 0 aliphatic rings. The van der Waals surface area contributed by atoms with Crippen molar-refractivity contribution in [3.8, 4) is 0 Å². The van der Waals surface area contributed by atoms with E-state index in [1.54, 1.807) is 4.57 Å². The third-order valence-corrected chi connectivity index (χ3v) is 5.85. The second-order valence-electron chi connectivity index (χ2n) is 6.53. The number of rotatable bonds is 5. The molecule has 4 rings (SSSR count). The number of thiazole rings is 1. The van der Waals surface area contributed by atoms with E-state index in [2.05, 4.69) is 54.1 Å². The van der Waals surface area contributed by atoms with Crippen LogP contribution in [0.5, 0.6) is 0 Å². The molecular weight excluding hydrogens is 344 g/mol. The smallest absolute Gasteiger partial charge is 0.307 e. The topological polar surface area (TPSA) is 51.9 Å². The van der Waals surface area contributed by atoms with Crippen molar-refractivity contribution in [3.63, 3.8) is 0 Å². The van der Waals surface area contributed by atoms with Gasteiger partial charge in [-0.2, -0.15) is 0 Å². The van der Waals surface area contributed by atoms with Gasteiger partial charge in [0.15, 0.2) is 0 Å². The summed E-state index contributed by atoms with van der Waals surface area (Å²) in [6.07, 6.45) is 0. The van der Waals surface area contributed by atoms with Crippen LogP contribution in [0.2, 0.25) is 0 Å². The minimum absolute atomic E-state index is 0.0788. The number of hydrogen-bond acceptors (Lipinski definition) is 4. The largest absolute Gasteiger partial charge is 0.327 e. The van der Waals surface area contributed by atoms with Crippen LogP contribution in [0.15, 0.2) is 47.3 Å². The predicted molar refractivity (Wildman–Crippen MR) is 108 cm³/mol. The molecule has 0 amide bonds. The molecule has 0 radical (unpaired) electrons. The van der Waals surface area contributed by atoms with E-state index < -0.39 is 0 Å². The Morgan fingerprint density at radius 1 is 1.19 bits per heavy atom. The Morgan fingerprint density at radius 2 is 2.00 bits per heavy atom. The number of benzene rings is 2. The molecule has 2 aromatic carbocycles. The van der Waals surface area contributed by atoms with E-state index in [1.165, 1.54) is 22.4 Å². The molecule has 1 N–H and O–H groups in total. The van der Waals surface area contributed by atoms with Gasteiger partial charge in [0.05, 0.1) is 27.3 Å². The monoisotopic (exact) mass is 366 g/mol. The molecule has 0 aliphatic carbocycles. The Balaban J connectivity index is 1.57. The standard InChI is InChI=1S/C20H22N4OS/c1-4-24-16-8-6-5-7-15(16)22-19(24)13(2)21-12-14-9-10-17-18(11-14)26-20(25)23(17)3/h5-11,13,21H,4,12H2,1-3H3/t13-/m1/s1. The summed E-state index contributed by atoms with van der Waals surface area (Å²) in [6, 6.07) is 14.6. The Morgan fingerprint density at radius 3 is 2.81 bits per heavy atom. The van der Waals surface area contributed by atoms with Gasteiger partial charge in [-0.3, -0.25) is 4.79 Å². The number of aromatic nitrogens is 3. The molecule has 6 heteroatoms. The third-order valence-electron chi connectivity index (χ3n) is 4.86. The van der Waals surface area contributed by atoms with Crippen LogP contribution in [-0.4, -0.2) is 14.1 Å². The van der Waals surface area contributed by atoms with Crippen LogP contribution in [0, 0.1) is 0 Å². The molecule has 0 spiro atoms. The van der Waals surface area contributed by atoms with Gasteiger partial charge in [0.2, 0.25) is 0 Å². The highest BCUT2D eigenvalue weighted by atomic mass is 32.1. The second-order valence-corrected chi connectivity index (χ2v) is 7.53. The van der Waals surface area contributed by atoms with Gasteiger partial charge in [-0.25, -0.2) is 4.98 Å². The lowest BCUT2D eigenvalue weighted by molar-refractivity contribution is 0.522. The number of aryl methyl sites for hydroxylation is 2. The summed E-state index contributed by atoms with van der Waals surface area (Å²) in [5.74, 6) is 1.05. The van der Waals surface area contributed by atoms with Gasteiger partial charge in [-0.05, 0) is 43.7 Å². The van der Waals surface area contributed by atoms with E-state index >= 15 is 0 Å². The van der Waals surface area contributed by atoms with Gasteiger partial charge >= 0.3 is 4.87 Å². The highest BCUT2D eigenvalue weighted by Crippen LogP contribution is 2.22. The molecule has 0 bridgehead atoms. The summed E-state index contributed by atoms with van der Waals surface area (Å²) >= 11 is 1.30. The number of nitrogens with one attached hydrogen (secondary N) is 1. The fraction of sp³-hybridized carbons (Fsp3) is 0.300. The van der Waals surface area contributed by atoms with Gasteiger partial charge in [-0.15, -0.1) is 0 Å². The Labute approximate surface area is 155 Å². The lowest BCUT2D eigenvalue weighted by atomic mass is 10.2. The molecule has 1 atom stereocenters. The minimum atomic E-state index is 0.0788. The molecule has 4 aromatic rings. The minimum Gasteiger partial charge on any atom is -0.327 e. The van der Waals surface area contributed by atoms with Crippen molar-refractivity contribution >= 4 is 32.6 Å². The van der Waals surface area contributed by atoms with Crippen molar-refractivity contribution in [2.75, 3.05) is 0 Å². The zero-order chi connectivity index (χ0) is 18.3. The van der Waals surface area contributed by atoms with Crippen molar-refractivity contribution in [2.45, 2.75) is 33.0 Å². The average Bonchev–Trinajstić information content (AvgIpc) is 3.17. The van der Waals surface area contributed by atoms with Crippen LogP contribution >= 0.6 is 11.3 Å². The van der Waals surface area contributed by atoms with Gasteiger partial charge in [-0.1, -0.05) is 29.5 Å². The first-order valence-electron chi connectivity index (χ1n) is 8.85. The van der Waals surface area contributed by atoms with E-state index in [0.717, 1.165) is 34.6 Å². The van der Waals surface area contributed by atoms with Crippen LogP contribution in [0.3, 0.4) is 0 Å². The van der Waals surface area contributed by atoms with Crippen LogP contribution < -0.4 is 10.2 Å². The maximum Gasteiger partial charge on any atom is 0.307 e. The van der Waals surface area contributed by atoms with Crippen LogP contribution in [0.4, 0.5) is 0 Å². The summed E-state index contributed by atoms with van der Waals surface area (Å²) in [4.78, 5) is 16.7. The molecular formula is C20H22N4OS. The zero-order valence-corrected chi connectivity index (χ0v) is 16.0. The Hall–Kier alpha value is -2.44. The lowest BCUT2D eigenvalue weighted by Crippen LogP contribution is -2.21. The van der Waals surface area contributed by atoms with Gasteiger partial charge in [0.25, 0.3) is 0 Å². The highest BCUT2D eigenvalue weighted by molar-refractivity contribution is 7.16. The summed E-state index contributed by atoms with van der Waals surface area (Å²) in [7, 11) is 1.82. The molecule has 134 valence electrons. The van der Waals surface area contributed by atoms with Crippen molar-refractivity contribution in [2.24, 2.45) is 7.05 Å².